The summed E-state index contributed by atoms with van der Waals surface area (Å²) >= 11 is 0. The van der Waals surface area contributed by atoms with E-state index in [1.165, 1.54) is 4.90 Å². The summed E-state index contributed by atoms with van der Waals surface area (Å²) in [6.45, 7) is 4.31. The molecule has 2 aliphatic rings. The number of nitrogens with zero attached hydrogens (tertiary/aromatic N) is 2. The number of benzene rings is 1. The molecule has 0 radical (unpaired) electrons. The molecule has 0 spiro atoms. The fourth-order valence-corrected chi connectivity index (χ4v) is 3.88. The van der Waals surface area contributed by atoms with Crippen molar-refractivity contribution in [1.29, 1.82) is 0 Å². The molecule has 4 rings (SSSR count). The van der Waals surface area contributed by atoms with Crippen molar-refractivity contribution >= 4 is 23.7 Å². The minimum Gasteiger partial charge on any atom is -0.366 e. The maximum Gasteiger partial charge on any atom is 0.251 e. The van der Waals surface area contributed by atoms with Crippen molar-refractivity contribution in [2.75, 3.05) is 25.0 Å². The summed E-state index contributed by atoms with van der Waals surface area (Å²) in [7, 11) is 0. The first kappa shape index (κ1) is 21.1. The Kier molecular flexibility index (Phi) is 5.56. The molecule has 8 heteroatoms. The number of nitrogens with one attached hydrogen (secondary N) is 2. The second-order valence-electron chi connectivity index (χ2n) is 8.34. The van der Waals surface area contributed by atoms with Crippen LogP contribution in [0.15, 0.2) is 42.1 Å². The van der Waals surface area contributed by atoms with Gasteiger partial charge < -0.3 is 20.1 Å². The predicted octanol–water partition coefficient (Wildman–Crippen LogP) is 3.68. The highest BCUT2D eigenvalue weighted by Gasteiger charge is 2.36. The van der Waals surface area contributed by atoms with Crippen molar-refractivity contribution in [3.63, 3.8) is 0 Å². The molecule has 2 amide bonds. The Bertz CT molecular complexity index is 1010. The molecule has 2 aromatic rings. The first-order chi connectivity index (χ1) is 14.7. The van der Waals surface area contributed by atoms with Crippen molar-refractivity contribution in [2.45, 2.75) is 38.7 Å². The molecule has 0 bridgehead atoms. The van der Waals surface area contributed by atoms with Gasteiger partial charge in [-0.3, -0.25) is 9.59 Å². The number of likely N-dealkylation sites (tertiary alicyclic amines) is 1. The van der Waals surface area contributed by atoms with Crippen LogP contribution in [-0.2, 0) is 4.79 Å². The zero-order valence-corrected chi connectivity index (χ0v) is 17.6. The molecule has 1 saturated heterocycles. The Balaban J connectivity index is 1.49. The smallest absolute Gasteiger partial charge is 0.251 e. The highest BCUT2D eigenvalue weighted by molar-refractivity contribution is 6.00. The number of hydrogen-bond donors (Lipinski definition) is 2. The number of rotatable bonds is 4. The number of hydrogen-bond acceptors (Lipinski definition) is 3. The molecule has 1 aromatic heterocycles. The average molecular weight is 428 g/mol. The molecule has 2 N–H and O–H groups in total. The Labute approximate surface area is 179 Å². The Morgan fingerprint density at radius 3 is 2.42 bits per heavy atom. The maximum atomic E-state index is 13.4. The summed E-state index contributed by atoms with van der Waals surface area (Å²) in [4.78, 5) is 26.4. The van der Waals surface area contributed by atoms with Crippen molar-refractivity contribution in [3.05, 3.63) is 53.2 Å². The van der Waals surface area contributed by atoms with E-state index in [9.17, 15) is 18.4 Å². The van der Waals surface area contributed by atoms with Crippen LogP contribution in [-0.4, -0.2) is 52.9 Å². The van der Waals surface area contributed by atoms with E-state index in [1.807, 2.05) is 48.9 Å². The van der Waals surface area contributed by atoms with Gasteiger partial charge in [0.25, 0.3) is 17.7 Å². The van der Waals surface area contributed by atoms with Crippen LogP contribution in [0.2, 0.25) is 0 Å². The molecule has 1 fully saturated rings. The van der Waals surface area contributed by atoms with E-state index in [0.717, 1.165) is 17.1 Å². The van der Waals surface area contributed by atoms with Gasteiger partial charge in [0, 0.05) is 67.1 Å². The van der Waals surface area contributed by atoms with Crippen molar-refractivity contribution in [3.8, 4) is 5.69 Å². The standard InChI is InChI=1S/C23H26F2N4O2/c1-15(2)27-21(30)16-3-5-19(6-4-16)29-10-7-17-13-18(14-26-20(17)29)22(31)28-11-8-23(24,25)9-12-28/h3-7,10,13,15,26H,8-9,11-12,14H2,1-2H3,(H,27,30). The minimum absolute atomic E-state index is 0.0676. The third-order valence-electron chi connectivity index (χ3n) is 5.58. The van der Waals surface area contributed by atoms with Crippen LogP contribution < -0.4 is 10.6 Å². The highest BCUT2D eigenvalue weighted by Crippen LogP contribution is 2.31. The lowest BCUT2D eigenvalue weighted by Gasteiger charge is -2.33. The summed E-state index contributed by atoms with van der Waals surface area (Å²) in [5.41, 5.74) is 2.90. The normalized spacial score (nSPS) is 17.6. The van der Waals surface area contributed by atoms with Gasteiger partial charge >= 0.3 is 0 Å². The third-order valence-corrected chi connectivity index (χ3v) is 5.58. The van der Waals surface area contributed by atoms with Crippen LogP contribution in [0.25, 0.3) is 11.8 Å². The molecular formula is C23H26F2N4O2. The number of halogens is 2. The Hall–Kier alpha value is -3.16. The first-order valence-corrected chi connectivity index (χ1v) is 10.5. The lowest BCUT2D eigenvalue weighted by molar-refractivity contribution is -0.133. The van der Waals surface area contributed by atoms with Gasteiger partial charge in [0.1, 0.15) is 5.82 Å². The van der Waals surface area contributed by atoms with Crippen LogP contribution >= 0.6 is 0 Å². The number of aromatic nitrogens is 1. The van der Waals surface area contributed by atoms with Crippen LogP contribution in [0.3, 0.4) is 0 Å². The lowest BCUT2D eigenvalue weighted by Crippen LogP contribution is -2.44. The molecule has 0 saturated carbocycles. The number of alkyl halides is 2. The molecular weight excluding hydrogens is 402 g/mol. The molecule has 1 aromatic carbocycles. The number of piperidine rings is 1. The quantitative estimate of drug-likeness (QED) is 0.781. The molecule has 164 valence electrons. The maximum absolute atomic E-state index is 13.4. The first-order valence-electron chi connectivity index (χ1n) is 10.5. The molecule has 3 heterocycles. The molecule has 0 aliphatic carbocycles. The second kappa shape index (κ2) is 8.17. The highest BCUT2D eigenvalue weighted by atomic mass is 19.3. The fraction of sp³-hybridized carbons (Fsp3) is 0.391. The topological polar surface area (TPSA) is 66.4 Å². The van der Waals surface area contributed by atoms with Crippen molar-refractivity contribution in [1.82, 2.24) is 14.8 Å². The van der Waals surface area contributed by atoms with Gasteiger partial charge in [-0.05, 0) is 50.3 Å². The van der Waals surface area contributed by atoms with E-state index in [0.29, 0.717) is 17.7 Å². The minimum atomic E-state index is -2.68. The molecule has 6 nitrogen and oxygen atoms in total. The zero-order chi connectivity index (χ0) is 22.2. The number of carbonyl (C=O) groups excluding carboxylic acids is 2. The van der Waals surface area contributed by atoms with Crippen LogP contribution in [0, 0.1) is 0 Å². The summed E-state index contributed by atoms with van der Waals surface area (Å²) in [6.07, 6.45) is 3.15. The van der Waals surface area contributed by atoms with E-state index in [1.54, 1.807) is 12.1 Å². The lowest BCUT2D eigenvalue weighted by atomic mass is 10.0. The number of anilines is 1. The Morgan fingerprint density at radius 1 is 1.10 bits per heavy atom. The largest absolute Gasteiger partial charge is 0.366 e. The molecule has 0 unspecified atom stereocenters. The number of carbonyl (C=O) groups is 2. The predicted molar refractivity (Wildman–Crippen MR) is 116 cm³/mol. The van der Waals surface area contributed by atoms with Crippen molar-refractivity contribution in [2.24, 2.45) is 0 Å². The van der Waals surface area contributed by atoms with Gasteiger partial charge in [-0.15, -0.1) is 0 Å². The third kappa shape index (κ3) is 4.47. The SMILES string of the molecule is CC(C)NC(=O)c1ccc(-n2ccc3c2NCC(C(=O)N2CCC(F)(F)CC2)=C3)cc1. The van der Waals surface area contributed by atoms with Gasteiger partial charge in [0.05, 0.1) is 0 Å². The van der Waals surface area contributed by atoms with E-state index in [-0.39, 0.29) is 43.8 Å². The van der Waals surface area contributed by atoms with E-state index < -0.39 is 5.92 Å². The van der Waals surface area contributed by atoms with E-state index in [4.69, 9.17) is 0 Å². The van der Waals surface area contributed by atoms with E-state index >= 15 is 0 Å². The monoisotopic (exact) mass is 428 g/mol. The molecule has 31 heavy (non-hydrogen) atoms. The van der Waals surface area contributed by atoms with Gasteiger partial charge in [-0.1, -0.05) is 0 Å². The van der Waals surface area contributed by atoms with Crippen LogP contribution in [0.4, 0.5) is 14.6 Å². The van der Waals surface area contributed by atoms with Crippen molar-refractivity contribution < 1.29 is 18.4 Å². The average Bonchev–Trinajstić information content (AvgIpc) is 3.16. The fourth-order valence-electron chi connectivity index (χ4n) is 3.88. The molecule has 0 atom stereocenters. The zero-order valence-electron chi connectivity index (χ0n) is 17.6. The molecule has 2 aliphatic heterocycles. The van der Waals surface area contributed by atoms with Crippen LogP contribution in [0.1, 0.15) is 42.6 Å². The van der Waals surface area contributed by atoms with E-state index in [2.05, 4.69) is 10.6 Å². The van der Waals surface area contributed by atoms with Gasteiger partial charge in [0.15, 0.2) is 0 Å². The summed E-state index contributed by atoms with van der Waals surface area (Å²) < 4.78 is 28.7. The summed E-state index contributed by atoms with van der Waals surface area (Å²) in [6, 6.07) is 9.26. The van der Waals surface area contributed by atoms with Gasteiger partial charge in [-0.25, -0.2) is 8.78 Å². The summed E-state index contributed by atoms with van der Waals surface area (Å²) in [5.74, 6) is -2.13. The van der Waals surface area contributed by atoms with Gasteiger partial charge in [0.2, 0.25) is 0 Å². The number of fused-ring (bicyclic) bond motifs is 1. The number of amides is 2. The van der Waals surface area contributed by atoms with Gasteiger partial charge in [-0.2, -0.15) is 0 Å². The second-order valence-corrected chi connectivity index (χ2v) is 8.34. The summed E-state index contributed by atoms with van der Waals surface area (Å²) in [5, 5.41) is 6.15. The Morgan fingerprint density at radius 2 is 1.77 bits per heavy atom. The van der Waals surface area contributed by atoms with Crippen LogP contribution in [0.5, 0.6) is 0 Å².